The lowest BCUT2D eigenvalue weighted by molar-refractivity contribution is -0.142. The van der Waals surface area contributed by atoms with E-state index in [4.69, 9.17) is 0 Å². The molecule has 2 atom stereocenters. The summed E-state index contributed by atoms with van der Waals surface area (Å²) < 4.78 is 0. The summed E-state index contributed by atoms with van der Waals surface area (Å²) in [5.41, 5.74) is 0.884. The molecule has 2 rings (SSSR count). The van der Waals surface area contributed by atoms with E-state index in [9.17, 15) is 14.7 Å². The third-order valence-corrected chi connectivity index (χ3v) is 3.76. The number of allylic oxidation sites excluding steroid dienone is 1. The fourth-order valence-corrected chi connectivity index (χ4v) is 2.48. The van der Waals surface area contributed by atoms with Gasteiger partial charge in [-0.2, -0.15) is 0 Å². The van der Waals surface area contributed by atoms with Crippen LogP contribution >= 0.6 is 0 Å². The molecule has 0 radical (unpaired) electrons. The predicted octanol–water partition coefficient (Wildman–Crippen LogP) is 3.16. The molecule has 4 heteroatoms. The molecule has 23 heavy (non-hydrogen) atoms. The van der Waals surface area contributed by atoms with Gasteiger partial charge in [-0.05, 0) is 23.3 Å². The number of amides is 1. The summed E-state index contributed by atoms with van der Waals surface area (Å²) >= 11 is 0. The van der Waals surface area contributed by atoms with Gasteiger partial charge in [0.1, 0.15) is 6.04 Å². The van der Waals surface area contributed by atoms with Crippen molar-refractivity contribution >= 4 is 22.6 Å². The molecular weight excluding hydrogens is 290 g/mol. The second-order valence-electron chi connectivity index (χ2n) is 5.60. The lowest BCUT2D eigenvalue weighted by atomic mass is 10.0. The Hall–Kier alpha value is -2.62. The first-order chi connectivity index (χ1) is 11.0. The molecule has 0 bridgehead atoms. The Bertz CT molecular complexity index is 736. The number of fused-ring (bicyclic) bond motifs is 1. The second-order valence-corrected chi connectivity index (χ2v) is 5.60. The fraction of sp³-hybridized carbons (Fsp3) is 0.263. The van der Waals surface area contributed by atoms with E-state index in [2.05, 4.69) is 5.32 Å². The van der Waals surface area contributed by atoms with Gasteiger partial charge in [0, 0.05) is 6.42 Å². The Morgan fingerprint density at radius 2 is 1.87 bits per heavy atom. The van der Waals surface area contributed by atoms with Crippen molar-refractivity contribution in [2.24, 2.45) is 5.92 Å². The maximum absolute atomic E-state index is 12.0. The van der Waals surface area contributed by atoms with Gasteiger partial charge in [-0.3, -0.25) is 4.79 Å². The topological polar surface area (TPSA) is 66.4 Å². The number of carbonyl (C=O) groups is 2. The average Bonchev–Trinajstić information content (AvgIpc) is 2.54. The summed E-state index contributed by atoms with van der Waals surface area (Å²) in [5, 5.41) is 14.1. The largest absolute Gasteiger partial charge is 0.480 e. The van der Waals surface area contributed by atoms with Crippen molar-refractivity contribution in [3.8, 4) is 0 Å². The molecule has 2 N–H and O–H groups in total. The molecule has 0 saturated carbocycles. The minimum absolute atomic E-state index is 0.258. The van der Waals surface area contributed by atoms with Crippen LogP contribution in [0.2, 0.25) is 0 Å². The number of hydrogen-bond donors (Lipinski definition) is 2. The molecule has 2 aromatic rings. The molecule has 2 unspecified atom stereocenters. The van der Waals surface area contributed by atoms with E-state index in [1.807, 2.05) is 49.4 Å². The number of benzene rings is 2. The lowest BCUT2D eigenvalue weighted by Crippen LogP contribution is -2.44. The molecule has 0 aliphatic rings. The predicted molar refractivity (Wildman–Crippen MR) is 91.2 cm³/mol. The quantitative estimate of drug-likeness (QED) is 0.805. The van der Waals surface area contributed by atoms with E-state index in [0.29, 0.717) is 0 Å². The van der Waals surface area contributed by atoms with Gasteiger partial charge in [0.2, 0.25) is 5.91 Å². The first-order valence-electron chi connectivity index (χ1n) is 7.65. The van der Waals surface area contributed by atoms with Crippen LogP contribution in [0, 0.1) is 5.92 Å². The van der Waals surface area contributed by atoms with Gasteiger partial charge in [-0.25, -0.2) is 4.79 Å². The Labute approximate surface area is 135 Å². The van der Waals surface area contributed by atoms with E-state index in [1.54, 1.807) is 19.1 Å². The van der Waals surface area contributed by atoms with Crippen LogP contribution in [0.1, 0.15) is 19.4 Å². The van der Waals surface area contributed by atoms with Crippen molar-refractivity contribution in [2.75, 3.05) is 0 Å². The molecule has 0 aliphatic heterocycles. The fourth-order valence-electron chi connectivity index (χ4n) is 2.48. The van der Waals surface area contributed by atoms with Gasteiger partial charge >= 0.3 is 5.97 Å². The average molecular weight is 311 g/mol. The highest BCUT2D eigenvalue weighted by molar-refractivity contribution is 5.86. The summed E-state index contributed by atoms with van der Waals surface area (Å²) in [6, 6.07) is 12.8. The highest BCUT2D eigenvalue weighted by Crippen LogP contribution is 2.17. The molecule has 120 valence electrons. The van der Waals surface area contributed by atoms with E-state index in [1.165, 1.54) is 0 Å². The second kappa shape index (κ2) is 7.58. The zero-order valence-corrected chi connectivity index (χ0v) is 13.3. The van der Waals surface area contributed by atoms with Gasteiger partial charge in [-0.1, -0.05) is 61.5 Å². The van der Waals surface area contributed by atoms with Crippen molar-refractivity contribution in [3.63, 3.8) is 0 Å². The number of nitrogens with one attached hydrogen (secondary N) is 1. The van der Waals surface area contributed by atoms with Crippen molar-refractivity contribution in [1.82, 2.24) is 5.32 Å². The van der Waals surface area contributed by atoms with E-state index >= 15 is 0 Å². The molecule has 0 fully saturated rings. The number of hydrogen-bond acceptors (Lipinski definition) is 2. The van der Waals surface area contributed by atoms with Crippen LogP contribution in [0.4, 0.5) is 0 Å². The van der Waals surface area contributed by atoms with Crippen molar-refractivity contribution < 1.29 is 14.7 Å². The first kappa shape index (κ1) is 16.7. The molecular formula is C19H21NO3. The Kier molecular flexibility index (Phi) is 5.52. The Morgan fingerprint density at radius 1 is 1.17 bits per heavy atom. The molecule has 0 aromatic heterocycles. The van der Waals surface area contributed by atoms with Crippen LogP contribution in [0.15, 0.2) is 54.6 Å². The zero-order chi connectivity index (χ0) is 16.8. The molecule has 0 saturated heterocycles. The third-order valence-electron chi connectivity index (χ3n) is 3.76. The normalized spacial score (nSPS) is 13.8. The molecule has 0 spiro atoms. The zero-order valence-electron chi connectivity index (χ0n) is 13.3. The van der Waals surface area contributed by atoms with E-state index < -0.39 is 12.0 Å². The molecule has 4 nitrogen and oxygen atoms in total. The minimum atomic E-state index is -1.03. The standard InChI is InChI=1S/C19H21NO3/c1-3-6-13(2)18(21)20-17(19(22)23)12-14-9-10-15-7-4-5-8-16(15)11-14/h3-11,13,17H,12H2,1-2H3,(H,20,21)(H,22,23). The number of carbonyl (C=O) groups excluding carboxylic acids is 1. The summed E-state index contributed by atoms with van der Waals surface area (Å²) in [5.74, 6) is -1.66. The third kappa shape index (κ3) is 4.42. The Balaban J connectivity index is 2.14. The Morgan fingerprint density at radius 3 is 2.52 bits per heavy atom. The van der Waals surface area contributed by atoms with Crippen LogP contribution < -0.4 is 5.32 Å². The summed E-state index contributed by atoms with van der Waals surface area (Å²) in [6.07, 6.45) is 3.78. The monoisotopic (exact) mass is 311 g/mol. The van der Waals surface area contributed by atoms with E-state index in [-0.39, 0.29) is 18.2 Å². The molecule has 0 heterocycles. The van der Waals surface area contributed by atoms with Crippen LogP contribution in [0.5, 0.6) is 0 Å². The first-order valence-corrected chi connectivity index (χ1v) is 7.65. The SMILES string of the molecule is CC=CC(C)C(=O)NC(Cc1ccc2ccccc2c1)C(=O)O. The van der Waals surface area contributed by atoms with Crippen molar-refractivity contribution in [3.05, 3.63) is 60.2 Å². The number of rotatable bonds is 6. The lowest BCUT2D eigenvalue weighted by Gasteiger charge is -2.17. The van der Waals surface area contributed by atoms with Gasteiger partial charge in [0.15, 0.2) is 0 Å². The van der Waals surface area contributed by atoms with Gasteiger partial charge in [-0.15, -0.1) is 0 Å². The number of carboxylic acids is 1. The number of carboxylic acid groups (broad SMARTS) is 1. The van der Waals surface area contributed by atoms with Gasteiger partial charge < -0.3 is 10.4 Å². The smallest absolute Gasteiger partial charge is 0.326 e. The van der Waals surface area contributed by atoms with Gasteiger partial charge in [0.05, 0.1) is 5.92 Å². The number of aliphatic carboxylic acids is 1. The summed E-state index contributed by atoms with van der Waals surface area (Å²) in [4.78, 5) is 23.5. The van der Waals surface area contributed by atoms with Gasteiger partial charge in [0.25, 0.3) is 0 Å². The van der Waals surface area contributed by atoms with Crippen LogP contribution in [-0.4, -0.2) is 23.0 Å². The highest BCUT2D eigenvalue weighted by Gasteiger charge is 2.22. The minimum Gasteiger partial charge on any atom is -0.480 e. The van der Waals surface area contributed by atoms with Crippen LogP contribution in [0.25, 0.3) is 10.8 Å². The van der Waals surface area contributed by atoms with Crippen molar-refractivity contribution in [2.45, 2.75) is 26.3 Å². The molecule has 1 amide bonds. The molecule has 2 aromatic carbocycles. The van der Waals surface area contributed by atoms with Crippen LogP contribution in [-0.2, 0) is 16.0 Å². The van der Waals surface area contributed by atoms with Crippen LogP contribution in [0.3, 0.4) is 0 Å². The maximum atomic E-state index is 12.0. The van der Waals surface area contributed by atoms with E-state index in [0.717, 1.165) is 16.3 Å². The molecule has 0 aliphatic carbocycles. The summed E-state index contributed by atoms with van der Waals surface area (Å²) in [7, 11) is 0. The maximum Gasteiger partial charge on any atom is 0.326 e. The summed E-state index contributed by atoms with van der Waals surface area (Å²) in [6.45, 7) is 3.57. The highest BCUT2D eigenvalue weighted by atomic mass is 16.4. The van der Waals surface area contributed by atoms with Crippen molar-refractivity contribution in [1.29, 1.82) is 0 Å².